The third-order valence-electron chi connectivity index (χ3n) is 2.75. The third-order valence-corrected chi connectivity index (χ3v) is 2.75. The van der Waals surface area contributed by atoms with Gasteiger partial charge in [0.05, 0.1) is 0 Å². The summed E-state index contributed by atoms with van der Waals surface area (Å²) < 4.78 is 1.69. The minimum absolute atomic E-state index is 0.0292. The highest BCUT2D eigenvalue weighted by Gasteiger charge is 2.00. The SMILES string of the molecule is Cc1cccc(=O)n1CCCCNC(=O)/C=C/C(=O)O. The molecule has 0 atom stereocenters. The first kappa shape index (κ1) is 15.7. The summed E-state index contributed by atoms with van der Waals surface area (Å²) in [7, 11) is 0. The molecule has 108 valence electrons. The molecule has 0 aliphatic heterocycles. The molecule has 1 aromatic rings. The lowest BCUT2D eigenvalue weighted by atomic mass is 10.2. The number of amides is 1. The molecule has 0 aliphatic rings. The zero-order chi connectivity index (χ0) is 15.0. The Hall–Kier alpha value is -2.37. The maximum atomic E-state index is 11.6. The van der Waals surface area contributed by atoms with Crippen molar-refractivity contribution in [2.24, 2.45) is 0 Å². The minimum Gasteiger partial charge on any atom is -0.478 e. The molecule has 0 fully saturated rings. The fraction of sp³-hybridized carbons (Fsp3) is 0.357. The van der Waals surface area contributed by atoms with E-state index in [1.54, 1.807) is 10.6 Å². The molecule has 0 radical (unpaired) electrons. The Morgan fingerprint density at radius 2 is 2.05 bits per heavy atom. The first-order chi connectivity index (χ1) is 9.50. The van der Waals surface area contributed by atoms with Crippen LogP contribution in [0.15, 0.2) is 35.1 Å². The average molecular weight is 278 g/mol. The first-order valence-electron chi connectivity index (χ1n) is 6.36. The van der Waals surface area contributed by atoms with Gasteiger partial charge in [0.1, 0.15) is 0 Å². The van der Waals surface area contributed by atoms with Crippen LogP contribution in [0.4, 0.5) is 0 Å². The number of nitrogens with zero attached hydrogens (tertiary/aromatic N) is 1. The summed E-state index contributed by atoms with van der Waals surface area (Å²) in [6.07, 6.45) is 3.25. The maximum absolute atomic E-state index is 11.6. The van der Waals surface area contributed by atoms with E-state index in [-0.39, 0.29) is 5.56 Å². The van der Waals surface area contributed by atoms with Gasteiger partial charge in [-0.1, -0.05) is 6.07 Å². The van der Waals surface area contributed by atoms with Crippen molar-refractivity contribution in [1.29, 1.82) is 0 Å². The van der Waals surface area contributed by atoms with E-state index in [0.29, 0.717) is 19.5 Å². The number of carbonyl (C=O) groups is 2. The van der Waals surface area contributed by atoms with Gasteiger partial charge in [-0.3, -0.25) is 9.59 Å². The number of aromatic nitrogens is 1. The first-order valence-corrected chi connectivity index (χ1v) is 6.36. The van der Waals surface area contributed by atoms with Crippen LogP contribution in [0.25, 0.3) is 0 Å². The predicted molar refractivity (Wildman–Crippen MR) is 74.5 cm³/mol. The van der Waals surface area contributed by atoms with E-state index in [2.05, 4.69) is 5.32 Å². The fourth-order valence-corrected chi connectivity index (χ4v) is 1.72. The number of carbonyl (C=O) groups excluding carboxylic acids is 1. The van der Waals surface area contributed by atoms with Crippen LogP contribution >= 0.6 is 0 Å². The fourth-order valence-electron chi connectivity index (χ4n) is 1.72. The highest BCUT2D eigenvalue weighted by atomic mass is 16.4. The number of aryl methyl sites for hydroxylation is 1. The second kappa shape index (κ2) is 7.93. The number of rotatable bonds is 7. The van der Waals surface area contributed by atoms with Crippen molar-refractivity contribution in [3.8, 4) is 0 Å². The van der Waals surface area contributed by atoms with Crippen LogP contribution in [0.2, 0.25) is 0 Å². The molecule has 0 aromatic carbocycles. The van der Waals surface area contributed by atoms with E-state index in [1.807, 2.05) is 13.0 Å². The van der Waals surface area contributed by atoms with Gasteiger partial charge < -0.3 is 15.0 Å². The van der Waals surface area contributed by atoms with Gasteiger partial charge in [-0.2, -0.15) is 0 Å². The van der Waals surface area contributed by atoms with Gasteiger partial charge in [-0.15, -0.1) is 0 Å². The highest BCUT2D eigenvalue weighted by Crippen LogP contribution is 1.97. The molecule has 0 bridgehead atoms. The number of hydrogen-bond acceptors (Lipinski definition) is 3. The second-order valence-electron chi connectivity index (χ2n) is 4.33. The molecule has 0 aliphatic carbocycles. The number of aliphatic carboxylic acids is 1. The summed E-state index contributed by atoms with van der Waals surface area (Å²) >= 11 is 0. The molecule has 1 heterocycles. The maximum Gasteiger partial charge on any atom is 0.328 e. The summed E-state index contributed by atoms with van der Waals surface area (Å²) in [5.74, 6) is -1.58. The quantitative estimate of drug-likeness (QED) is 0.567. The van der Waals surface area contributed by atoms with Crippen LogP contribution in [0, 0.1) is 6.92 Å². The molecule has 20 heavy (non-hydrogen) atoms. The van der Waals surface area contributed by atoms with Gasteiger partial charge in [-0.25, -0.2) is 4.79 Å². The minimum atomic E-state index is -1.15. The lowest BCUT2D eigenvalue weighted by molar-refractivity contribution is -0.131. The molecular weight excluding hydrogens is 260 g/mol. The van der Waals surface area contributed by atoms with Gasteiger partial charge in [-0.05, 0) is 25.8 Å². The second-order valence-corrected chi connectivity index (χ2v) is 4.33. The summed E-state index contributed by atoms with van der Waals surface area (Å²) in [5, 5.41) is 10.9. The molecule has 2 N–H and O–H groups in total. The van der Waals surface area contributed by atoms with Crippen molar-refractivity contribution in [2.75, 3.05) is 6.54 Å². The van der Waals surface area contributed by atoms with Crippen LogP contribution in [-0.4, -0.2) is 28.1 Å². The van der Waals surface area contributed by atoms with E-state index in [4.69, 9.17) is 5.11 Å². The van der Waals surface area contributed by atoms with Gasteiger partial charge in [0.25, 0.3) is 5.56 Å². The van der Waals surface area contributed by atoms with Crippen molar-refractivity contribution in [3.05, 3.63) is 46.4 Å². The van der Waals surface area contributed by atoms with E-state index in [9.17, 15) is 14.4 Å². The Kier molecular flexibility index (Phi) is 6.22. The summed E-state index contributed by atoms with van der Waals surface area (Å²) in [6.45, 7) is 2.93. The molecular formula is C14H18N2O4. The van der Waals surface area contributed by atoms with E-state index in [0.717, 1.165) is 24.3 Å². The van der Waals surface area contributed by atoms with Crippen LogP contribution in [0.3, 0.4) is 0 Å². The summed E-state index contributed by atoms with van der Waals surface area (Å²) in [6, 6.07) is 5.12. The molecule has 0 unspecified atom stereocenters. The van der Waals surface area contributed by atoms with E-state index < -0.39 is 11.9 Å². The Morgan fingerprint density at radius 1 is 1.30 bits per heavy atom. The third kappa shape index (κ3) is 5.51. The predicted octanol–water partition coefficient (Wildman–Crippen LogP) is 0.694. The van der Waals surface area contributed by atoms with Crippen molar-refractivity contribution in [2.45, 2.75) is 26.3 Å². The molecule has 1 amide bonds. The van der Waals surface area contributed by atoms with Crippen LogP contribution < -0.4 is 10.9 Å². The molecule has 1 rings (SSSR count). The Bertz CT molecular complexity index is 561. The number of pyridine rings is 1. The zero-order valence-corrected chi connectivity index (χ0v) is 11.3. The monoisotopic (exact) mass is 278 g/mol. The van der Waals surface area contributed by atoms with E-state index >= 15 is 0 Å². The van der Waals surface area contributed by atoms with Crippen molar-refractivity contribution >= 4 is 11.9 Å². The molecule has 0 spiro atoms. The lowest BCUT2D eigenvalue weighted by Crippen LogP contribution is -2.24. The summed E-state index contributed by atoms with van der Waals surface area (Å²) in [4.78, 5) is 33.0. The molecule has 1 aromatic heterocycles. The molecule has 6 nitrogen and oxygen atoms in total. The van der Waals surface area contributed by atoms with Crippen LogP contribution in [-0.2, 0) is 16.1 Å². The van der Waals surface area contributed by atoms with Gasteiger partial charge in [0.2, 0.25) is 5.91 Å². The molecule has 6 heteroatoms. The average Bonchev–Trinajstić information content (AvgIpc) is 2.39. The largest absolute Gasteiger partial charge is 0.478 e. The highest BCUT2D eigenvalue weighted by molar-refractivity contribution is 5.93. The zero-order valence-electron chi connectivity index (χ0n) is 11.3. The van der Waals surface area contributed by atoms with Crippen LogP contribution in [0.1, 0.15) is 18.5 Å². The van der Waals surface area contributed by atoms with Crippen molar-refractivity contribution in [1.82, 2.24) is 9.88 Å². The summed E-state index contributed by atoms with van der Waals surface area (Å²) in [5.41, 5.74) is 0.879. The molecule has 0 saturated carbocycles. The molecule has 0 saturated heterocycles. The van der Waals surface area contributed by atoms with Gasteiger partial charge in [0.15, 0.2) is 0 Å². The Labute approximate surface area is 116 Å². The smallest absolute Gasteiger partial charge is 0.328 e. The van der Waals surface area contributed by atoms with Gasteiger partial charge >= 0.3 is 5.97 Å². The number of unbranched alkanes of at least 4 members (excludes halogenated alkanes) is 1. The Morgan fingerprint density at radius 3 is 2.70 bits per heavy atom. The number of hydrogen-bond donors (Lipinski definition) is 2. The number of carboxylic acid groups (broad SMARTS) is 1. The van der Waals surface area contributed by atoms with E-state index in [1.165, 1.54) is 6.07 Å². The number of carboxylic acids is 1. The normalized spacial score (nSPS) is 10.7. The van der Waals surface area contributed by atoms with Crippen molar-refractivity contribution < 1.29 is 14.7 Å². The van der Waals surface area contributed by atoms with Crippen molar-refractivity contribution in [3.63, 3.8) is 0 Å². The van der Waals surface area contributed by atoms with Gasteiger partial charge in [0, 0.05) is 37.0 Å². The van der Waals surface area contributed by atoms with Crippen LogP contribution in [0.5, 0.6) is 0 Å². The number of nitrogens with one attached hydrogen (secondary N) is 1. The Balaban J connectivity index is 2.28. The standard InChI is InChI=1S/C14H18N2O4/c1-11-5-4-6-13(18)16(11)10-3-2-9-15-12(17)7-8-14(19)20/h4-8H,2-3,9-10H2,1H3,(H,15,17)(H,19,20)/b8-7+. The topological polar surface area (TPSA) is 88.4 Å². The lowest BCUT2D eigenvalue weighted by Gasteiger charge is -2.09.